The van der Waals surface area contributed by atoms with Crippen molar-refractivity contribution < 1.29 is 4.79 Å². The van der Waals surface area contributed by atoms with Gasteiger partial charge in [-0.15, -0.1) is 0 Å². The Balaban J connectivity index is 1.54. The summed E-state index contributed by atoms with van der Waals surface area (Å²) in [4.78, 5) is 15.8. The van der Waals surface area contributed by atoms with E-state index in [-0.39, 0.29) is 0 Å². The van der Waals surface area contributed by atoms with Gasteiger partial charge in [0.05, 0.1) is 6.33 Å². The maximum absolute atomic E-state index is 11.8. The number of unbranched alkanes of at least 4 members (excludes halogenated alkanes) is 1. The third-order valence-corrected chi connectivity index (χ3v) is 4.01. The van der Waals surface area contributed by atoms with Crippen LogP contribution in [0.4, 0.5) is 0 Å². The molecule has 1 heterocycles. The smallest absolute Gasteiger partial charge is 0.163 e. The number of ketones is 1. The summed E-state index contributed by atoms with van der Waals surface area (Å²) in [7, 11) is 0. The average molecular weight is 268 g/mol. The number of benzene rings is 1. The SMILES string of the molecule is O=C1CCCc2cc(CCCCn3ccnc3)ccc21. The Bertz CT molecular complexity index is 587. The van der Waals surface area contributed by atoms with Crippen molar-refractivity contribution in [1.82, 2.24) is 9.55 Å². The highest BCUT2D eigenvalue weighted by atomic mass is 16.1. The zero-order chi connectivity index (χ0) is 13.8. The number of Topliss-reactive ketones (excluding diaryl/α,β-unsaturated/α-hetero) is 1. The maximum atomic E-state index is 11.8. The molecule has 3 heteroatoms. The lowest BCUT2D eigenvalue weighted by molar-refractivity contribution is 0.0972. The molecule has 104 valence electrons. The summed E-state index contributed by atoms with van der Waals surface area (Å²) in [6.45, 7) is 1.03. The van der Waals surface area contributed by atoms with E-state index in [1.165, 1.54) is 17.5 Å². The lowest BCUT2D eigenvalue weighted by atomic mass is 9.89. The lowest BCUT2D eigenvalue weighted by Crippen LogP contribution is -2.11. The molecule has 0 amide bonds. The van der Waals surface area contributed by atoms with Gasteiger partial charge in [0.15, 0.2) is 5.78 Å². The van der Waals surface area contributed by atoms with E-state index >= 15 is 0 Å². The summed E-state index contributed by atoms with van der Waals surface area (Å²) in [5, 5.41) is 0. The van der Waals surface area contributed by atoms with Crippen molar-refractivity contribution in [3.05, 3.63) is 53.6 Å². The second-order valence-electron chi connectivity index (χ2n) is 5.53. The van der Waals surface area contributed by atoms with Crippen molar-refractivity contribution >= 4 is 5.78 Å². The first-order valence-electron chi connectivity index (χ1n) is 7.44. The number of rotatable bonds is 5. The Kier molecular flexibility index (Phi) is 3.95. The van der Waals surface area contributed by atoms with Gasteiger partial charge in [0.1, 0.15) is 0 Å². The van der Waals surface area contributed by atoms with Gasteiger partial charge < -0.3 is 4.57 Å². The molecule has 0 aliphatic heterocycles. The van der Waals surface area contributed by atoms with E-state index in [9.17, 15) is 4.79 Å². The number of fused-ring (bicyclic) bond motifs is 1. The van der Waals surface area contributed by atoms with Crippen LogP contribution in [-0.4, -0.2) is 15.3 Å². The molecule has 0 fully saturated rings. The van der Waals surface area contributed by atoms with E-state index in [2.05, 4.69) is 21.7 Å². The Labute approximate surface area is 119 Å². The monoisotopic (exact) mass is 268 g/mol. The van der Waals surface area contributed by atoms with E-state index in [4.69, 9.17) is 0 Å². The largest absolute Gasteiger partial charge is 0.337 e. The van der Waals surface area contributed by atoms with Crippen molar-refractivity contribution in [2.75, 3.05) is 0 Å². The first-order chi connectivity index (χ1) is 9.83. The Morgan fingerprint density at radius 1 is 1.20 bits per heavy atom. The molecular formula is C17H20N2O. The molecule has 0 radical (unpaired) electrons. The van der Waals surface area contributed by atoms with Crippen LogP contribution < -0.4 is 0 Å². The van der Waals surface area contributed by atoms with Crippen molar-refractivity contribution in [3.63, 3.8) is 0 Å². The zero-order valence-electron chi connectivity index (χ0n) is 11.7. The molecule has 3 nitrogen and oxygen atoms in total. The molecule has 0 bridgehead atoms. The lowest BCUT2D eigenvalue weighted by Gasteiger charge is -2.15. The number of carbonyl (C=O) groups excluding carboxylic acids is 1. The summed E-state index contributed by atoms with van der Waals surface area (Å²) in [5.74, 6) is 0.318. The standard InChI is InChI=1S/C17H20N2O/c20-17-6-3-5-15-12-14(7-8-16(15)17)4-1-2-10-19-11-9-18-13-19/h7-9,11-13H,1-6,10H2. The molecular weight excluding hydrogens is 248 g/mol. The molecule has 2 aromatic rings. The molecule has 0 unspecified atom stereocenters. The van der Waals surface area contributed by atoms with Gasteiger partial charge in [0, 0.05) is 30.9 Å². The van der Waals surface area contributed by atoms with Gasteiger partial charge in [-0.1, -0.05) is 18.2 Å². The van der Waals surface area contributed by atoms with Gasteiger partial charge in [-0.3, -0.25) is 4.79 Å². The van der Waals surface area contributed by atoms with Crippen molar-refractivity contribution in [2.24, 2.45) is 0 Å². The number of hydrogen-bond donors (Lipinski definition) is 0. The van der Waals surface area contributed by atoms with Crippen LogP contribution in [0.5, 0.6) is 0 Å². The highest BCUT2D eigenvalue weighted by Gasteiger charge is 2.16. The highest BCUT2D eigenvalue weighted by Crippen LogP contribution is 2.23. The Morgan fingerprint density at radius 3 is 3.00 bits per heavy atom. The van der Waals surface area contributed by atoms with Crippen LogP contribution in [0.25, 0.3) is 0 Å². The molecule has 0 spiro atoms. The number of aromatic nitrogens is 2. The number of hydrogen-bond acceptors (Lipinski definition) is 2. The van der Waals surface area contributed by atoms with E-state index in [1.807, 2.05) is 24.8 Å². The zero-order valence-corrected chi connectivity index (χ0v) is 11.7. The van der Waals surface area contributed by atoms with Gasteiger partial charge in [-0.25, -0.2) is 4.98 Å². The molecule has 3 rings (SSSR count). The molecule has 0 N–H and O–H groups in total. The minimum atomic E-state index is 0.318. The van der Waals surface area contributed by atoms with Crippen molar-refractivity contribution in [2.45, 2.75) is 45.1 Å². The molecule has 1 aromatic heterocycles. The second-order valence-corrected chi connectivity index (χ2v) is 5.53. The number of carbonyl (C=O) groups is 1. The first kappa shape index (κ1) is 13.1. The summed E-state index contributed by atoms with van der Waals surface area (Å²) in [6, 6.07) is 6.39. The first-order valence-corrected chi connectivity index (χ1v) is 7.44. The van der Waals surface area contributed by atoms with E-state index in [0.717, 1.165) is 44.2 Å². The van der Waals surface area contributed by atoms with E-state index in [0.29, 0.717) is 5.78 Å². The minimum absolute atomic E-state index is 0.318. The van der Waals surface area contributed by atoms with Crippen LogP contribution in [0.2, 0.25) is 0 Å². The molecule has 1 aliphatic rings. The fraction of sp³-hybridized carbons (Fsp3) is 0.412. The summed E-state index contributed by atoms with van der Waals surface area (Å²) >= 11 is 0. The van der Waals surface area contributed by atoms with Crippen LogP contribution in [0.1, 0.15) is 47.2 Å². The van der Waals surface area contributed by atoms with Gasteiger partial charge in [0.2, 0.25) is 0 Å². The molecule has 0 saturated heterocycles. The van der Waals surface area contributed by atoms with Gasteiger partial charge in [-0.05, 0) is 43.2 Å². The topological polar surface area (TPSA) is 34.9 Å². The van der Waals surface area contributed by atoms with Crippen molar-refractivity contribution in [1.29, 1.82) is 0 Å². The van der Waals surface area contributed by atoms with Crippen LogP contribution in [-0.2, 0) is 19.4 Å². The molecule has 1 aromatic carbocycles. The van der Waals surface area contributed by atoms with Gasteiger partial charge in [0.25, 0.3) is 0 Å². The molecule has 0 saturated carbocycles. The van der Waals surface area contributed by atoms with Crippen LogP contribution in [0.15, 0.2) is 36.9 Å². The fourth-order valence-electron chi connectivity index (χ4n) is 2.90. The molecule has 1 aliphatic carbocycles. The number of imidazole rings is 1. The van der Waals surface area contributed by atoms with Crippen LogP contribution >= 0.6 is 0 Å². The summed E-state index contributed by atoms with van der Waals surface area (Å²) in [6.07, 6.45) is 11.9. The normalized spacial score (nSPS) is 14.3. The van der Waals surface area contributed by atoms with E-state index in [1.54, 1.807) is 0 Å². The molecule has 0 atom stereocenters. The molecule has 20 heavy (non-hydrogen) atoms. The van der Waals surface area contributed by atoms with Gasteiger partial charge in [-0.2, -0.15) is 0 Å². The Morgan fingerprint density at radius 2 is 2.15 bits per heavy atom. The third-order valence-electron chi connectivity index (χ3n) is 4.01. The summed E-state index contributed by atoms with van der Waals surface area (Å²) in [5.41, 5.74) is 3.58. The van der Waals surface area contributed by atoms with Gasteiger partial charge >= 0.3 is 0 Å². The highest BCUT2D eigenvalue weighted by molar-refractivity contribution is 5.98. The minimum Gasteiger partial charge on any atom is -0.337 e. The fourth-order valence-corrected chi connectivity index (χ4v) is 2.90. The Hall–Kier alpha value is -1.90. The predicted octanol–water partition coefficient (Wildman–Crippen LogP) is 3.43. The average Bonchev–Trinajstić information content (AvgIpc) is 2.97. The second kappa shape index (κ2) is 6.04. The predicted molar refractivity (Wildman–Crippen MR) is 78.9 cm³/mol. The quantitative estimate of drug-likeness (QED) is 0.779. The third kappa shape index (κ3) is 2.98. The maximum Gasteiger partial charge on any atom is 0.163 e. The van der Waals surface area contributed by atoms with Crippen LogP contribution in [0, 0.1) is 0 Å². The summed E-state index contributed by atoms with van der Waals surface area (Å²) < 4.78 is 2.12. The van der Waals surface area contributed by atoms with E-state index < -0.39 is 0 Å². The number of nitrogens with zero attached hydrogens (tertiary/aromatic N) is 2. The van der Waals surface area contributed by atoms with Crippen LogP contribution in [0.3, 0.4) is 0 Å². The number of aryl methyl sites for hydroxylation is 3. The van der Waals surface area contributed by atoms with Crippen molar-refractivity contribution in [3.8, 4) is 0 Å².